The number of ether oxygens (including phenoxy) is 2. The Morgan fingerprint density at radius 1 is 1.22 bits per heavy atom. The Hall–Kier alpha value is -2.95. The van der Waals surface area contributed by atoms with Crippen molar-refractivity contribution in [2.24, 2.45) is 0 Å². The molecule has 2 N–H and O–H groups in total. The number of anilines is 1. The fraction of sp³-hybridized carbons (Fsp3) is 0.481. The van der Waals surface area contributed by atoms with E-state index in [-0.39, 0.29) is 47.1 Å². The number of carbonyl (C=O) groups is 1. The zero-order valence-corrected chi connectivity index (χ0v) is 22.2. The largest absolute Gasteiger partial charge is 0.491 e. The number of pyridine rings is 1. The summed E-state index contributed by atoms with van der Waals surface area (Å²) < 4.78 is 24.7. The first kappa shape index (κ1) is 30.3. The second-order valence-electron chi connectivity index (χ2n) is 8.95. The van der Waals surface area contributed by atoms with Gasteiger partial charge in [0.15, 0.2) is 5.76 Å². The molecule has 0 saturated heterocycles. The van der Waals surface area contributed by atoms with Crippen LogP contribution in [-0.4, -0.2) is 68.1 Å². The highest BCUT2D eigenvalue weighted by atomic mass is 19.1. The lowest BCUT2D eigenvalue weighted by Crippen LogP contribution is -2.45. The number of hydroxylamine groups is 1. The van der Waals surface area contributed by atoms with Crippen LogP contribution < -0.4 is 10.5 Å². The molecule has 0 aliphatic carbocycles. The lowest BCUT2D eigenvalue weighted by molar-refractivity contribution is -0.138. The van der Waals surface area contributed by atoms with Crippen molar-refractivity contribution in [2.45, 2.75) is 52.6 Å². The van der Waals surface area contributed by atoms with Gasteiger partial charge in [-0.1, -0.05) is 30.9 Å². The molecule has 0 aliphatic heterocycles. The van der Waals surface area contributed by atoms with Gasteiger partial charge in [0.25, 0.3) is 0 Å². The summed E-state index contributed by atoms with van der Waals surface area (Å²) in [6.07, 6.45) is 3.51. The van der Waals surface area contributed by atoms with Crippen LogP contribution in [0.1, 0.15) is 57.4 Å². The van der Waals surface area contributed by atoms with Crippen LogP contribution in [0, 0.1) is 5.82 Å². The second kappa shape index (κ2) is 14.1. The summed E-state index contributed by atoms with van der Waals surface area (Å²) in [6.45, 7) is 6.54. The van der Waals surface area contributed by atoms with Gasteiger partial charge in [0, 0.05) is 6.20 Å². The monoisotopic (exact) mass is 514 g/mol. The minimum Gasteiger partial charge on any atom is -0.491 e. The van der Waals surface area contributed by atoms with Crippen molar-refractivity contribution in [3.05, 3.63) is 58.7 Å². The molecule has 10 heteroatoms. The van der Waals surface area contributed by atoms with Gasteiger partial charge in [-0.05, 0) is 56.9 Å². The Labute approximate surface area is 219 Å². The van der Waals surface area contributed by atoms with Crippen molar-refractivity contribution in [2.75, 3.05) is 38.5 Å². The zero-order chi connectivity index (χ0) is 27.6. The maximum absolute atomic E-state index is 13.4. The third-order valence-electron chi connectivity index (χ3n) is 5.66. The number of carbonyl (C=O) groups excluding carboxylic acids is 1. The number of unbranched alkanes of at least 4 members (excludes halogenated alkanes) is 1. The quantitative estimate of drug-likeness (QED) is 0.0992. The summed E-state index contributed by atoms with van der Waals surface area (Å²) >= 11 is 0. The number of hydrogen-bond acceptors (Lipinski definition) is 8. The lowest BCUT2D eigenvalue weighted by Gasteiger charge is -2.33. The molecule has 0 fully saturated rings. The minimum absolute atomic E-state index is 0.167. The Balaban J connectivity index is 2.74. The van der Waals surface area contributed by atoms with E-state index in [0.717, 1.165) is 18.4 Å². The second-order valence-corrected chi connectivity index (χ2v) is 8.95. The number of aliphatic hydroxyl groups excluding tert-OH is 1. The molecule has 1 heterocycles. The molecule has 2 rings (SSSR count). The third kappa shape index (κ3) is 8.28. The van der Waals surface area contributed by atoms with Gasteiger partial charge >= 0.3 is 5.97 Å². The van der Waals surface area contributed by atoms with Gasteiger partial charge in [0.2, 0.25) is 0 Å². The van der Waals surface area contributed by atoms with Gasteiger partial charge in [-0.25, -0.2) is 14.2 Å². The van der Waals surface area contributed by atoms with Crippen molar-refractivity contribution in [1.29, 1.82) is 0 Å². The number of rotatable bonds is 14. The van der Waals surface area contributed by atoms with E-state index in [9.17, 15) is 19.4 Å². The maximum Gasteiger partial charge on any atom is 0.337 e. The molecule has 2 aromatic rings. The van der Waals surface area contributed by atoms with Gasteiger partial charge in [0.1, 0.15) is 25.0 Å². The predicted molar refractivity (Wildman–Crippen MR) is 141 cm³/mol. The highest BCUT2D eigenvalue weighted by Crippen LogP contribution is 2.30. The molecule has 1 aromatic carbocycles. The standard InChI is InChI=1S/C27H36BFN2O6/c1-6-8-13-37-25(18(3)26(33)36-7-2)23-24(31(35-5)16-27(4,34)17-32)22(28)20(15-30-23)14-19-9-11-21(29)12-10-19/h9-12,15,32,34H,6-8,13-14,16-17H2,1-5H3/b25-18-. The van der Waals surface area contributed by atoms with Crippen LogP contribution in [0.5, 0.6) is 0 Å². The van der Waals surface area contributed by atoms with Gasteiger partial charge in [0.05, 0.1) is 44.7 Å². The number of nitrogens with zero attached hydrogens (tertiary/aromatic N) is 2. The SMILES string of the molecule is [B]c1c(Cc2ccc(F)cc2)cnc(/C(OCCCC)=C(\C)C(=O)OCC)c1N(CC(C)(O)CO)OC. The first-order chi connectivity index (χ1) is 17.6. The van der Waals surface area contributed by atoms with Crippen molar-refractivity contribution < 1.29 is 33.7 Å². The molecule has 8 nitrogen and oxygen atoms in total. The number of hydrogen-bond donors (Lipinski definition) is 2. The Bertz CT molecular complexity index is 1080. The van der Waals surface area contributed by atoms with E-state index in [2.05, 4.69) is 4.98 Å². The van der Waals surface area contributed by atoms with E-state index >= 15 is 0 Å². The Morgan fingerprint density at radius 3 is 2.46 bits per heavy atom. The summed E-state index contributed by atoms with van der Waals surface area (Å²) in [5, 5.41) is 21.6. The van der Waals surface area contributed by atoms with E-state index < -0.39 is 18.2 Å². The van der Waals surface area contributed by atoms with Crippen molar-refractivity contribution in [1.82, 2.24) is 4.98 Å². The number of aromatic nitrogens is 1. The van der Waals surface area contributed by atoms with Crippen molar-refractivity contribution in [3.63, 3.8) is 0 Å². The van der Waals surface area contributed by atoms with Crippen LogP contribution in [0.4, 0.5) is 10.1 Å². The van der Waals surface area contributed by atoms with Crippen LogP contribution in [0.3, 0.4) is 0 Å². The van der Waals surface area contributed by atoms with E-state index in [1.807, 2.05) is 6.92 Å². The average Bonchev–Trinajstić information content (AvgIpc) is 2.88. The van der Waals surface area contributed by atoms with E-state index in [1.54, 1.807) is 32.2 Å². The predicted octanol–water partition coefficient (Wildman–Crippen LogP) is 2.83. The summed E-state index contributed by atoms with van der Waals surface area (Å²) in [5.41, 5.74) is 0.801. The molecule has 0 amide bonds. The minimum atomic E-state index is -1.55. The maximum atomic E-state index is 13.4. The fourth-order valence-corrected chi connectivity index (χ4v) is 3.53. The molecular weight excluding hydrogens is 478 g/mol. The van der Waals surface area contributed by atoms with Gasteiger partial charge < -0.3 is 19.7 Å². The number of benzene rings is 1. The van der Waals surface area contributed by atoms with Crippen LogP contribution in [0.2, 0.25) is 0 Å². The van der Waals surface area contributed by atoms with Gasteiger partial charge in [-0.15, -0.1) is 0 Å². The summed E-state index contributed by atoms with van der Waals surface area (Å²) in [5.74, 6) is -0.745. The Kier molecular flexibility index (Phi) is 11.6. The van der Waals surface area contributed by atoms with Crippen LogP contribution in [-0.2, 0) is 25.5 Å². The van der Waals surface area contributed by atoms with Crippen LogP contribution in [0.15, 0.2) is 36.0 Å². The highest BCUT2D eigenvalue weighted by molar-refractivity contribution is 6.37. The summed E-state index contributed by atoms with van der Waals surface area (Å²) in [4.78, 5) is 22.9. The lowest BCUT2D eigenvalue weighted by atomic mass is 9.85. The molecule has 200 valence electrons. The highest BCUT2D eigenvalue weighted by Gasteiger charge is 2.30. The number of halogens is 1. The summed E-state index contributed by atoms with van der Waals surface area (Å²) in [6, 6.07) is 6.02. The molecule has 1 aromatic heterocycles. The van der Waals surface area contributed by atoms with E-state index in [1.165, 1.54) is 31.2 Å². The molecule has 0 bridgehead atoms. The fourth-order valence-electron chi connectivity index (χ4n) is 3.53. The molecular formula is C27H36BFN2O6. The molecule has 0 aliphatic rings. The number of esters is 1. The average molecular weight is 514 g/mol. The van der Waals surface area contributed by atoms with Crippen molar-refractivity contribution in [3.8, 4) is 0 Å². The third-order valence-corrected chi connectivity index (χ3v) is 5.66. The number of aliphatic hydroxyl groups is 2. The Morgan fingerprint density at radius 2 is 1.89 bits per heavy atom. The molecule has 1 unspecified atom stereocenters. The van der Waals surface area contributed by atoms with Crippen molar-refractivity contribution >= 4 is 30.7 Å². The normalized spacial score (nSPS) is 13.5. The topological polar surface area (TPSA) is 101 Å². The molecule has 1 atom stereocenters. The zero-order valence-electron chi connectivity index (χ0n) is 22.2. The smallest absolute Gasteiger partial charge is 0.337 e. The molecule has 0 saturated carbocycles. The van der Waals surface area contributed by atoms with Gasteiger partial charge in [-0.2, -0.15) is 0 Å². The van der Waals surface area contributed by atoms with E-state index in [0.29, 0.717) is 18.6 Å². The van der Waals surface area contributed by atoms with Gasteiger partial charge in [-0.3, -0.25) is 9.82 Å². The first-order valence-corrected chi connectivity index (χ1v) is 12.3. The van der Waals surface area contributed by atoms with E-state index in [4.69, 9.17) is 22.2 Å². The van der Waals surface area contributed by atoms with Crippen LogP contribution in [0.25, 0.3) is 5.76 Å². The summed E-state index contributed by atoms with van der Waals surface area (Å²) in [7, 11) is 8.04. The van der Waals surface area contributed by atoms with Crippen LogP contribution >= 0.6 is 0 Å². The molecule has 2 radical (unpaired) electrons. The first-order valence-electron chi connectivity index (χ1n) is 12.3. The molecule has 37 heavy (non-hydrogen) atoms. The molecule has 0 spiro atoms.